The number of hydrogen-bond donors (Lipinski definition) is 1. The molecular formula is C20H18ClN3O3. The molecule has 0 saturated carbocycles. The summed E-state index contributed by atoms with van der Waals surface area (Å²) in [4.78, 5) is 12.6. The maximum atomic E-state index is 12.6. The quantitative estimate of drug-likeness (QED) is 0.702. The molecule has 138 valence electrons. The number of halogens is 1. The highest BCUT2D eigenvalue weighted by Crippen LogP contribution is 2.23. The average molecular weight is 384 g/mol. The number of anilines is 1. The standard InChI is InChI=1S/C20H18ClN3O3/c21-19-18(22-10-14-12-26-13-14)11-23-24(20(19)25)15-6-8-17(9-7-15)27-16-4-2-1-3-5-16/h1-9,11,14,22H,10,12-13H2. The zero-order valence-corrected chi connectivity index (χ0v) is 15.2. The normalized spacial score (nSPS) is 13.8. The van der Waals surface area contributed by atoms with Crippen LogP contribution in [0.4, 0.5) is 5.69 Å². The molecule has 0 bridgehead atoms. The van der Waals surface area contributed by atoms with Gasteiger partial charge < -0.3 is 14.8 Å². The van der Waals surface area contributed by atoms with Gasteiger partial charge in [0.1, 0.15) is 16.5 Å². The van der Waals surface area contributed by atoms with E-state index in [1.807, 2.05) is 30.3 Å². The van der Waals surface area contributed by atoms with Crippen molar-refractivity contribution in [3.63, 3.8) is 0 Å². The van der Waals surface area contributed by atoms with E-state index in [9.17, 15) is 4.79 Å². The highest BCUT2D eigenvalue weighted by molar-refractivity contribution is 6.32. The molecule has 0 spiro atoms. The van der Waals surface area contributed by atoms with Crippen LogP contribution in [0.2, 0.25) is 5.02 Å². The van der Waals surface area contributed by atoms with Crippen molar-refractivity contribution in [3.05, 3.63) is 76.2 Å². The van der Waals surface area contributed by atoms with Crippen LogP contribution in [0.3, 0.4) is 0 Å². The van der Waals surface area contributed by atoms with Crippen molar-refractivity contribution in [1.82, 2.24) is 9.78 Å². The summed E-state index contributed by atoms with van der Waals surface area (Å²) in [5.74, 6) is 1.86. The Hall–Kier alpha value is -2.83. The molecule has 1 N–H and O–H groups in total. The Bertz CT molecular complexity index is 970. The van der Waals surface area contributed by atoms with Crippen LogP contribution in [0.5, 0.6) is 11.5 Å². The molecule has 0 atom stereocenters. The molecule has 7 heteroatoms. The van der Waals surface area contributed by atoms with Crippen LogP contribution in [0.15, 0.2) is 65.6 Å². The van der Waals surface area contributed by atoms with Crippen LogP contribution in [-0.4, -0.2) is 29.5 Å². The molecule has 0 amide bonds. The minimum absolute atomic E-state index is 0.120. The second-order valence-electron chi connectivity index (χ2n) is 6.28. The van der Waals surface area contributed by atoms with Gasteiger partial charge in [0, 0.05) is 12.5 Å². The van der Waals surface area contributed by atoms with Crippen LogP contribution >= 0.6 is 11.6 Å². The molecule has 2 heterocycles. The summed E-state index contributed by atoms with van der Waals surface area (Å²) in [7, 11) is 0. The fourth-order valence-electron chi connectivity index (χ4n) is 2.68. The summed E-state index contributed by atoms with van der Waals surface area (Å²) < 4.78 is 12.2. The molecule has 0 radical (unpaired) electrons. The summed E-state index contributed by atoms with van der Waals surface area (Å²) >= 11 is 6.24. The van der Waals surface area contributed by atoms with E-state index in [1.54, 1.807) is 30.5 Å². The van der Waals surface area contributed by atoms with Crippen molar-refractivity contribution < 1.29 is 9.47 Å². The summed E-state index contributed by atoms with van der Waals surface area (Å²) in [5.41, 5.74) is 0.776. The molecule has 6 nitrogen and oxygen atoms in total. The third-order valence-corrected chi connectivity index (χ3v) is 4.63. The third-order valence-electron chi connectivity index (χ3n) is 4.27. The first-order chi connectivity index (χ1) is 13.2. The van der Waals surface area contributed by atoms with E-state index >= 15 is 0 Å². The van der Waals surface area contributed by atoms with Gasteiger partial charge in [-0.15, -0.1) is 0 Å². The van der Waals surface area contributed by atoms with Crippen molar-refractivity contribution in [2.45, 2.75) is 0 Å². The second kappa shape index (κ2) is 7.82. The van der Waals surface area contributed by atoms with Crippen molar-refractivity contribution in [2.75, 3.05) is 25.1 Å². The number of benzene rings is 2. The molecule has 0 aliphatic carbocycles. The zero-order chi connectivity index (χ0) is 18.6. The SMILES string of the molecule is O=c1c(Cl)c(NCC2COC2)cnn1-c1ccc(Oc2ccccc2)cc1. The number of ether oxygens (including phenoxy) is 2. The molecule has 1 aliphatic heterocycles. The predicted molar refractivity (Wildman–Crippen MR) is 104 cm³/mol. The lowest BCUT2D eigenvalue weighted by Crippen LogP contribution is -2.34. The number of aromatic nitrogens is 2. The topological polar surface area (TPSA) is 65.4 Å². The molecule has 2 aromatic carbocycles. The number of rotatable bonds is 6. The summed E-state index contributed by atoms with van der Waals surface area (Å²) in [6.45, 7) is 2.16. The minimum atomic E-state index is -0.372. The van der Waals surface area contributed by atoms with Gasteiger partial charge in [0.25, 0.3) is 5.56 Å². The van der Waals surface area contributed by atoms with Gasteiger partial charge in [-0.2, -0.15) is 9.78 Å². The van der Waals surface area contributed by atoms with Gasteiger partial charge in [0.15, 0.2) is 0 Å². The Balaban J connectivity index is 1.50. The van der Waals surface area contributed by atoms with E-state index < -0.39 is 0 Å². The van der Waals surface area contributed by atoms with Crippen molar-refractivity contribution in [3.8, 4) is 17.2 Å². The smallest absolute Gasteiger partial charge is 0.292 e. The molecule has 1 saturated heterocycles. The lowest BCUT2D eigenvalue weighted by Gasteiger charge is -2.26. The maximum Gasteiger partial charge on any atom is 0.292 e. The van der Waals surface area contributed by atoms with Crippen LogP contribution in [-0.2, 0) is 4.74 Å². The van der Waals surface area contributed by atoms with Crippen LogP contribution in [0.25, 0.3) is 5.69 Å². The van der Waals surface area contributed by atoms with Gasteiger partial charge >= 0.3 is 0 Å². The van der Waals surface area contributed by atoms with Gasteiger partial charge in [-0.1, -0.05) is 29.8 Å². The molecular weight excluding hydrogens is 366 g/mol. The van der Waals surface area contributed by atoms with Crippen molar-refractivity contribution in [2.24, 2.45) is 5.92 Å². The van der Waals surface area contributed by atoms with Crippen LogP contribution < -0.4 is 15.6 Å². The molecule has 1 aromatic heterocycles. The Labute approximate surface area is 161 Å². The van der Waals surface area contributed by atoms with Crippen LogP contribution in [0, 0.1) is 5.92 Å². The lowest BCUT2D eigenvalue weighted by atomic mass is 10.1. The lowest BCUT2D eigenvalue weighted by molar-refractivity contribution is -0.0248. The zero-order valence-electron chi connectivity index (χ0n) is 14.5. The number of hydrogen-bond acceptors (Lipinski definition) is 5. The van der Waals surface area contributed by atoms with E-state index in [2.05, 4.69) is 10.4 Å². The van der Waals surface area contributed by atoms with Crippen LogP contribution in [0.1, 0.15) is 0 Å². The van der Waals surface area contributed by atoms with E-state index in [4.69, 9.17) is 21.1 Å². The number of nitrogens with one attached hydrogen (secondary N) is 1. The molecule has 1 aliphatic rings. The first-order valence-electron chi connectivity index (χ1n) is 8.63. The molecule has 27 heavy (non-hydrogen) atoms. The Morgan fingerprint density at radius 2 is 1.81 bits per heavy atom. The summed E-state index contributed by atoms with van der Waals surface area (Å²) in [5, 5.41) is 7.51. The van der Waals surface area contributed by atoms with E-state index in [-0.39, 0.29) is 10.6 Å². The summed E-state index contributed by atoms with van der Waals surface area (Å²) in [6.07, 6.45) is 1.57. The molecule has 4 rings (SSSR count). The second-order valence-corrected chi connectivity index (χ2v) is 6.66. The third kappa shape index (κ3) is 3.97. The first kappa shape index (κ1) is 17.6. The Morgan fingerprint density at radius 1 is 1.11 bits per heavy atom. The maximum absolute atomic E-state index is 12.6. The highest BCUT2D eigenvalue weighted by Gasteiger charge is 2.19. The van der Waals surface area contributed by atoms with Crippen molar-refractivity contribution in [1.29, 1.82) is 0 Å². The van der Waals surface area contributed by atoms with Gasteiger partial charge in [-0.25, -0.2) is 0 Å². The fraction of sp³-hybridized carbons (Fsp3) is 0.200. The minimum Gasteiger partial charge on any atom is -0.457 e. The predicted octanol–water partition coefficient (Wildman–Crippen LogP) is 3.74. The molecule has 0 unspecified atom stereocenters. The number of para-hydroxylation sites is 1. The van der Waals surface area contributed by atoms with Gasteiger partial charge in [0.2, 0.25) is 0 Å². The van der Waals surface area contributed by atoms with Gasteiger partial charge in [-0.3, -0.25) is 4.79 Å². The molecule has 1 fully saturated rings. The average Bonchev–Trinajstić information content (AvgIpc) is 2.66. The first-order valence-corrected chi connectivity index (χ1v) is 9.01. The number of nitrogens with zero attached hydrogens (tertiary/aromatic N) is 2. The Kier molecular flexibility index (Phi) is 5.09. The fourth-order valence-corrected chi connectivity index (χ4v) is 2.87. The van der Waals surface area contributed by atoms with E-state index in [0.717, 1.165) is 19.0 Å². The largest absolute Gasteiger partial charge is 0.457 e. The van der Waals surface area contributed by atoms with E-state index in [0.29, 0.717) is 29.6 Å². The Morgan fingerprint density at radius 3 is 2.48 bits per heavy atom. The van der Waals surface area contributed by atoms with Crippen molar-refractivity contribution >= 4 is 17.3 Å². The van der Waals surface area contributed by atoms with Gasteiger partial charge in [0.05, 0.1) is 30.8 Å². The van der Waals surface area contributed by atoms with Gasteiger partial charge in [-0.05, 0) is 36.4 Å². The highest BCUT2D eigenvalue weighted by atomic mass is 35.5. The van der Waals surface area contributed by atoms with E-state index in [1.165, 1.54) is 4.68 Å². The monoisotopic (exact) mass is 383 g/mol. The molecule has 3 aromatic rings. The summed E-state index contributed by atoms with van der Waals surface area (Å²) in [6, 6.07) is 16.6.